The average Bonchev–Trinajstić information content (AvgIpc) is 3.12. The number of urea groups is 1. The number of ether oxygens (including phenoxy) is 2. The second-order valence-corrected chi connectivity index (χ2v) is 9.02. The maximum atomic E-state index is 14.9. The van der Waals surface area contributed by atoms with Crippen LogP contribution in [0, 0.1) is 5.82 Å². The fourth-order valence-corrected chi connectivity index (χ4v) is 4.41. The summed E-state index contributed by atoms with van der Waals surface area (Å²) in [7, 11) is 1.25. The molecule has 2 aliphatic rings. The van der Waals surface area contributed by atoms with Crippen molar-refractivity contribution >= 4 is 17.7 Å². The van der Waals surface area contributed by atoms with E-state index in [1.807, 2.05) is 36.9 Å². The molecule has 0 N–H and O–H groups in total. The van der Waals surface area contributed by atoms with E-state index in [0.29, 0.717) is 30.1 Å². The number of hydrogen-bond acceptors (Lipinski definition) is 4. The number of anilines is 1. The Morgan fingerprint density at radius 1 is 1.16 bits per heavy atom. The Kier molecular flexibility index (Phi) is 6.09. The Morgan fingerprint density at radius 3 is 2.59 bits per heavy atom. The Hall–Kier alpha value is -3.09. The maximum absolute atomic E-state index is 14.9. The highest BCUT2D eigenvalue weighted by Crippen LogP contribution is 2.43. The molecule has 0 atom stereocenters. The number of halogens is 1. The maximum Gasteiger partial charge on any atom is 0.337 e. The van der Waals surface area contributed by atoms with Crippen molar-refractivity contribution in [2.75, 3.05) is 25.1 Å². The van der Waals surface area contributed by atoms with E-state index in [4.69, 9.17) is 4.74 Å². The van der Waals surface area contributed by atoms with Gasteiger partial charge in [0, 0.05) is 30.6 Å². The van der Waals surface area contributed by atoms with Crippen LogP contribution in [0.3, 0.4) is 0 Å². The summed E-state index contributed by atoms with van der Waals surface area (Å²) in [5, 5.41) is 0. The van der Waals surface area contributed by atoms with Gasteiger partial charge >= 0.3 is 12.0 Å². The highest BCUT2D eigenvalue weighted by atomic mass is 19.1. The Bertz CT molecular complexity index is 1030. The molecule has 2 aromatic rings. The van der Waals surface area contributed by atoms with E-state index >= 15 is 0 Å². The topological polar surface area (TPSA) is 59.1 Å². The van der Waals surface area contributed by atoms with Crippen LogP contribution in [-0.2, 0) is 17.7 Å². The SMILES string of the molecule is COC(=O)c1ccc(CN(C(=O)N2CCCCC2)c2cccc3c2OC(C)(C)C3)c(F)c1. The summed E-state index contributed by atoms with van der Waals surface area (Å²) in [6, 6.07) is 9.80. The van der Waals surface area contributed by atoms with Crippen molar-refractivity contribution in [1.82, 2.24) is 4.90 Å². The number of likely N-dealkylation sites (tertiary alicyclic amines) is 1. The molecule has 2 heterocycles. The zero-order chi connectivity index (χ0) is 22.9. The summed E-state index contributed by atoms with van der Waals surface area (Å²) in [5.74, 6) is -0.485. The smallest absolute Gasteiger partial charge is 0.337 e. The number of benzene rings is 2. The van der Waals surface area contributed by atoms with Crippen molar-refractivity contribution in [3.05, 3.63) is 58.9 Å². The monoisotopic (exact) mass is 440 g/mol. The molecule has 0 unspecified atom stereocenters. The number of carbonyl (C=O) groups is 2. The Morgan fingerprint density at radius 2 is 1.91 bits per heavy atom. The summed E-state index contributed by atoms with van der Waals surface area (Å²) in [4.78, 5) is 28.8. The van der Waals surface area contributed by atoms with Gasteiger partial charge in [-0.05, 0) is 51.3 Å². The zero-order valence-corrected chi connectivity index (χ0v) is 18.8. The predicted molar refractivity (Wildman–Crippen MR) is 120 cm³/mol. The fourth-order valence-electron chi connectivity index (χ4n) is 4.41. The van der Waals surface area contributed by atoms with E-state index < -0.39 is 11.8 Å². The minimum atomic E-state index is -0.604. The fraction of sp³-hybridized carbons (Fsp3) is 0.440. The van der Waals surface area contributed by atoms with Crippen LogP contribution < -0.4 is 9.64 Å². The first-order valence-electron chi connectivity index (χ1n) is 11.0. The lowest BCUT2D eigenvalue weighted by molar-refractivity contribution is 0.0600. The summed E-state index contributed by atoms with van der Waals surface area (Å²) in [6.45, 7) is 5.42. The molecule has 1 fully saturated rings. The number of esters is 1. The molecule has 0 spiro atoms. The average molecular weight is 441 g/mol. The number of piperidine rings is 1. The third kappa shape index (κ3) is 4.42. The van der Waals surface area contributed by atoms with Crippen LogP contribution in [0.2, 0.25) is 0 Å². The summed E-state index contributed by atoms with van der Waals surface area (Å²) >= 11 is 0. The predicted octanol–water partition coefficient (Wildman–Crippen LogP) is 4.94. The molecular weight excluding hydrogens is 411 g/mol. The minimum absolute atomic E-state index is 0.0306. The summed E-state index contributed by atoms with van der Waals surface area (Å²) < 4.78 is 25.8. The van der Waals surface area contributed by atoms with Gasteiger partial charge in [0.15, 0.2) is 0 Å². The van der Waals surface area contributed by atoms with Gasteiger partial charge in [0.05, 0.1) is 24.9 Å². The number of hydrogen-bond donors (Lipinski definition) is 0. The standard InChI is InChI=1S/C25H29FN2O4/c1-25(2)15-18-8-7-9-21(22(18)32-25)28(24(30)27-12-5-4-6-13-27)16-19-11-10-17(14-20(19)26)23(29)31-3/h7-11,14H,4-6,12-13,15-16H2,1-3H3. The van der Waals surface area contributed by atoms with Crippen LogP contribution in [-0.4, -0.2) is 42.7 Å². The Balaban J connectivity index is 1.71. The van der Waals surface area contributed by atoms with Gasteiger partial charge in [-0.1, -0.05) is 18.2 Å². The molecule has 6 nitrogen and oxygen atoms in total. The third-order valence-electron chi connectivity index (χ3n) is 6.02. The Labute approximate surface area is 187 Å². The molecule has 0 aliphatic carbocycles. The number of fused-ring (bicyclic) bond motifs is 1. The van der Waals surface area contributed by atoms with Gasteiger partial charge in [0.25, 0.3) is 0 Å². The highest BCUT2D eigenvalue weighted by Gasteiger charge is 2.35. The van der Waals surface area contributed by atoms with Gasteiger partial charge in [-0.2, -0.15) is 0 Å². The number of methoxy groups -OCH3 is 1. The largest absolute Gasteiger partial charge is 0.485 e. The van der Waals surface area contributed by atoms with E-state index in [0.717, 1.165) is 37.3 Å². The molecule has 170 valence electrons. The van der Waals surface area contributed by atoms with Crippen molar-refractivity contribution in [2.24, 2.45) is 0 Å². The first kappa shape index (κ1) is 22.1. The lowest BCUT2D eigenvalue weighted by atomic mass is 10.0. The van der Waals surface area contributed by atoms with Crippen molar-refractivity contribution in [3.8, 4) is 5.75 Å². The second kappa shape index (κ2) is 8.81. The summed E-state index contributed by atoms with van der Waals surface area (Å²) in [6.07, 6.45) is 3.76. The first-order valence-corrected chi connectivity index (χ1v) is 11.0. The van der Waals surface area contributed by atoms with E-state index in [1.54, 1.807) is 4.90 Å². The molecule has 32 heavy (non-hydrogen) atoms. The van der Waals surface area contributed by atoms with E-state index in [9.17, 15) is 14.0 Å². The van der Waals surface area contributed by atoms with Gasteiger partial charge in [-0.25, -0.2) is 14.0 Å². The van der Waals surface area contributed by atoms with Gasteiger partial charge in [0.2, 0.25) is 0 Å². The molecule has 2 amide bonds. The van der Waals surface area contributed by atoms with Crippen molar-refractivity contribution in [1.29, 1.82) is 0 Å². The first-order chi connectivity index (χ1) is 15.3. The minimum Gasteiger partial charge on any atom is -0.485 e. The molecule has 0 saturated carbocycles. The number of rotatable bonds is 4. The molecule has 0 aromatic heterocycles. The van der Waals surface area contributed by atoms with Crippen molar-refractivity contribution in [3.63, 3.8) is 0 Å². The number of carbonyl (C=O) groups excluding carboxylic acids is 2. The van der Waals surface area contributed by atoms with E-state index in [-0.39, 0.29) is 23.7 Å². The molecule has 4 rings (SSSR count). The van der Waals surface area contributed by atoms with Crippen LogP contribution in [0.15, 0.2) is 36.4 Å². The number of nitrogens with zero attached hydrogens (tertiary/aromatic N) is 2. The molecule has 2 aromatic carbocycles. The van der Waals surface area contributed by atoms with Crippen molar-refractivity contribution in [2.45, 2.75) is 51.7 Å². The third-order valence-corrected chi connectivity index (χ3v) is 6.02. The highest BCUT2D eigenvalue weighted by molar-refractivity contribution is 5.94. The van der Waals surface area contributed by atoms with Crippen LogP contribution in [0.1, 0.15) is 54.6 Å². The molecule has 1 saturated heterocycles. The van der Waals surface area contributed by atoms with E-state index in [1.165, 1.54) is 19.2 Å². The van der Waals surface area contributed by atoms with Crippen molar-refractivity contribution < 1.29 is 23.5 Å². The zero-order valence-electron chi connectivity index (χ0n) is 18.8. The summed E-state index contributed by atoms with van der Waals surface area (Å²) in [5.41, 5.74) is 1.75. The van der Waals surface area contributed by atoms with Crippen LogP contribution >= 0.6 is 0 Å². The lowest BCUT2D eigenvalue weighted by Gasteiger charge is -2.34. The normalized spacial score (nSPS) is 16.8. The van der Waals surface area contributed by atoms with Gasteiger partial charge in [-0.15, -0.1) is 0 Å². The van der Waals surface area contributed by atoms with Gasteiger partial charge < -0.3 is 14.4 Å². The molecule has 0 bridgehead atoms. The van der Waals surface area contributed by atoms with Crippen LogP contribution in [0.5, 0.6) is 5.75 Å². The lowest BCUT2D eigenvalue weighted by Crippen LogP contribution is -2.45. The van der Waals surface area contributed by atoms with Crippen LogP contribution in [0.4, 0.5) is 14.9 Å². The van der Waals surface area contributed by atoms with Gasteiger partial charge in [-0.3, -0.25) is 4.90 Å². The van der Waals surface area contributed by atoms with Gasteiger partial charge in [0.1, 0.15) is 17.2 Å². The molecule has 7 heteroatoms. The molecular formula is C25H29FN2O4. The number of para-hydroxylation sites is 1. The molecule has 2 aliphatic heterocycles. The quantitative estimate of drug-likeness (QED) is 0.632. The van der Waals surface area contributed by atoms with Crippen LogP contribution in [0.25, 0.3) is 0 Å². The molecule has 0 radical (unpaired) electrons. The second-order valence-electron chi connectivity index (χ2n) is 9.02. The number of amides is 2. The van der Waals surface area contributed by atoms with E-state index in [2.05, 4.69) is 4.74 Å².